The highest BCUT2D eigenvalue weighted by Crippen LogP contribution is 2.19. The Kier molecular flexibility index (Phi) is 6.69. The van der Waals surface area contributed by atoms with Gasteiger partial charge in [0.15, 0.2) is 0 Å². The Bertz CT molecular complexity index is 1030. The summed E-state index contributed by atoms with van der Waals surface area (Å²) in [6, 6.07) is 14.2. The molecule has 0 spiro atoms. The van der Waals surface area contributed by atoms with Crippen LogP contribution < -0.4 is 16.4 Å². The Morgan fingerprint density at radius 3 is 2.37 bits per heavy atom. The number of ether oxygens (including phenoxy) is 1. The minimum absolute atomic E-state index is 0.233. The Hall–Kier alpha value is -3.81. The van der Waals surface area contributed by atoms with Gasteiger partial charge in [-0.2, -0.15) is 0 Å². The number of hydrogen-bond donors (Lipinski definition) is 4. The standard InChI is InChI=1S/C22H24N4O4/c1-30-21(28)19(12-15-13-24-17-10-6-5-9-16(15)17)25-20(27)18(26-22(23)29)11-14-7-3-2-4-8-14/h2-10,13,18-19,24H,11-12H2,1H3,(H,25,27)(H3,23,26,29)/t18-,19-/m0/s1. The van der Waals surface area contributed by atoms with E-state index in [-0.39, 0.29) is 12.8 Å². The van der Waals surface area contributed by atoms with Gasteiger partial charge in [-0.25, -0.2) is 9.59 Å². The number of amides is 3. The zero-order valence-corrected chi connectivity index (χ0v) is 16.6. The van der Waals surface area contributed by atoms with E-state index in [9.17, 15) is 14.4 Å². The number of aromatic nitrogens is 1. The number of carbonyl (C=O) groups is 3. The molecule has 156 valence electrons. The van der Waals surface area contributed by atoms with E-state index in [4.69, 9.17) is 10.5 Å². The van der Waals surface area contributed by atoms with Crippen molar-refractivity contribution in [1.82, 2.24) is 15.6 Å². The number of rotatable bonds is 8. The Morgan fingerprint density at radius 2 is 1.67 bits per heavy atom. The molecule has 8 heteroatoms. The van der Waals surface area contributed by atoms with Crippen molar-refractivity contribution >= 4 is 28.8 Å². The van der Waals surface area contributed by atoms with E-state index in [0.29, 0.717) is 0 Å². The highest BCUT2D eigenvalue weighted by molar-refractivity contribution is 5.91. The van der Waals surface area contributed by atoms with Gasteiger partial charge >= 0.3 is 12.0 Å². The normalized spacial score (nSPS) is 12.7. The number of urea groups is 1. The molecule has 0 aliphatic carbocycles. The summed E-state index contributed by atoms with van der Waals surface area (Å²) in [5.41, 5.74) is 7.89. The van der Waals surface area contributed by atoms with Crippen LogP contribution in [0.3, 0.4) is 0 Å². The van der Waals surface area contributed by atoms with Crippen molar-refractivity contribution in [2.24, 2.45) is 5.73 Å². The topological polar surface area (TPSA) is 126 Å². The average Bonchev–Trinajstić information content (AvgIpc) is 3.15. The molecule has 0 aliphatic heterocycles. The molecule has 0 aliphatic rings. The maximum Gasteiger partial charge on any atom is 0.328 e. The second-order valence-electron chi connectivity index (χ2n) is 6.90. The predicted molar refractivity (Wildman–Crippen MR) is 113 cm³/mol. The van der Waals surface area contributed by atoms with Gasteiger partial charge in [-0.15, -0.1) is 0 Å². The lowest BCUT2D eigenvalue weighted by molar-refractivity contribution is -0.145. The Balaban J connectivity index is 1.78. The molecule has 3 rings (SSSR count). The molecular weight excluding hydrogens is 384 g/mol. The van der Waals surface area contributed by atoms with E-state index in [0.717, 1.165) is 22.0 Å². The van der Waals surface area contributed by atoms with Gasteiger partial charge in [0.25, 0.3) is 0 Å². The number of nitrogens with two attached hydrogens (primary N) is 1. The second kappa shape index (κ2) is 9.60. The largest absolute Gasteiger partial charge is 0.467 e. The molecule has 8 nitrogen and oxygen atoms in total. The smallest absolute Gasteiger partial charge is 0.328 e. The number of para-hydroxylation sites is 1. The van der Waals surface area contributed by atoms with E-state index in [1.165, 1.54) is 7.11 Å². The van der Waals surface area contributed by atoms with Crippen molar-refractivity contribution in [3.8, 4) is 0 Å². The summed E-state index contributed by atoms with van der Waals surface area (Å²) in [7, 11) is 1.26. The van der Waals surface area contributed by atoms with Crippen LogP contribution in [-0.4, -0.2) is 42.1 Å². The minimum atomic E-state index is -0.931. The van der Waals surface area contributed by atoms with Gasteiger partial charge in [0.05, 0.1) is 7.11 Å². The number of hydrogen-bond acceptors (Lipinski definition) is 4. The molecule has 0 fully saturated rings. The summed E-state index contributed by atoms with van der Waals surface area (Å²) in [4.78, 5) is 39.8. The fourth-order valence-electron chi connectivity index (χ4n) is 3.36. The zero-order valence-electron chi connectivity index (χ0n) is 16.6. The molecule has 0 unspecified atom stereocenters. The number of esters is 1. The number of aromatic amines is 1. The molecule has 1 heterocycles. The van der Waals surface area contributed by atoms with Gasteiger partial charge in [0.1, 0.15) is 12.1 Å². The van der Waals surface area contributed by atoms with Crippen molar-refractivity contribution < 1.29 is 19.1 Å². The van der Waals surface area contributed by atoms with Crippen LogP contribution in [-0.2, 0) is 27.2 Å². The van der Waals surface area contributed by atoms with Crippen LogP contribution in [0.2, 0.25) is 0 Å². The van der Waals surface area contributed by atoms with E-state index >= 15 is 0 Å². The van der Waals surface area contributed by atoms with Crippen molar-refractivity contribution in [2.45, 2.75) is 24.9 Å². The predicted octanol–water partition coefficient (Wildman–Crippen LogP) is 1.65. The van der Waals surface area contributed by atoms with E-state index in [2.05, 4.69) is 15.6 Å². The summed E-state index contributed by atoms with van der Waals surface area (Å²) in [6.45, 7) is 0. The van der Waals surface area contributed by atoms with Crippen LogP contribution in [0.4, 0.5) is 4.79 Å². The lowest BCUT2D eigenvalue weighted by atomic mass is 10.0. The lowest BCUT2D eigenvalue weighted by Crippen LogP contribution is -2.54. The monoisotopic (exact) mass is 408 g/mol. The summed E-state index contributed by atoms with van der Waals surface area (Å²) in [5.74, 6) is -1.10. The highest BCUT2D eigenvalue weighted by Gasteiger charge is 2.28. The van der Waals surface area contributed by atoms with Crippen LogP contribution in [0, 0.1) is 0 Å². The van der Waals surface area contributed by atoms with Crippen molar-refractivity contribution in [3.63, 3.8) is 0 Å². The molecule has 3 aromatic rings. The zero-order chi connectivity index (χ0) is 21.5. The summed E-state index contributed by atoms with van der Waals surface area (Å²) >= 11 is 0. The molecule has 3 amide bonds. The van der Waals surface area contributed by atoms with Gasteiger partial charge < -0.3 is 26.1 Å². The van der Waals surface area contributed by atoms with Crippen LogP contribution >= 0.6 is 0 Å². The third-order valence-corrected chi connectivity index (χ3v) is 4.82. The summed E-state index contributed by atoms with van der Waals surface area (Å²) in [6.07, 6.45) is 2.27. The van der Waals surface area contributed by atoms with Crippen LogP contribution in [0.1, 0.15) is 11.1 Å². The first-order valence-electron chi connectivity index (χ1n) is 9.51. The number of benzene rings is 2. The number of primary amides is 1. The van der Waals surface area contributed by atoms with Crippen LogP contribution in [0.5, 0.6) is 0 Å². The van der Waals surface area contributed by atoms with Crippen molar-refractivity contribution in [2.75, 3.05) is 7.11 Å². The van der Waals surface area contributed by atoms with E-state index in [1.54, 1.807) is 6.20 Å². The second-order valence-corrected chi connectivity index (χ2v) is 6.90. The molecule has 0 saturated heterocycles. The quantitative estimate of drug-likeness (QED) is 0.423. The highest BCUT2D eigenvalue weighted by atomic mass is 16.5. The fourth-order valence-corrected chi connectivity index (χ4v) is 3.36. The number of carbonyl (C=O) groups excluding carboxylic acids is 3. The number of H-pyrrole nitrogens is 1. The molecule has 0 saturated carbocycles. The fraction of sp³-hybridized carbons (Fsp3) is 0.227. The third kappa shape index (κ3) is 5.16. The number of methoxy groups -OCH3 is 1. The van der Waals surface area contributed by atoms with E-state index < -0.39 is 30.0 Å². The molecule has 0 bridgehead atoms. The molecule has 2 aromatic carbocycles. The molecular formula is C22H24N4O4. The van der Waals surface area contributed by atoms with Gasteiger partial charge in [0, 0.05) is 29.9 Å². The maximum absolute atomic E-state index is 12.9. The van der Waals surface area contributed by atoms with E-state index in [1.807, 2.05) is 54.6 Å². The van der Waals surface area contributed by atoms with Crippen molar-refractivity contribution in [3.05, 3.63) is 71.9 Å². The van der Waals surface area contributed by atoms with Gasteiger partial charge in [-0.1, -0.05) is 48.5 Å². The first-order valence-corrected chi connectivity index (χ1v) is 9.51. The van der Waals surface area contributed by atoms with Gasteiger partial charge in [-0.3, -0.25) is 4.79 Å². The SMILES string of the molecule is COC(=O)[C@H](Cc1c[nH]c2ccccc12)NC(=O)[C@H](Cc1ccccc1)NC(N)=O. The Labute approximate surface area is 173 Å². The first-order chi connectivity index (χ1) is 14.5. The summed E-state index contributed by atoms with van der Waals surface area (Å²) in [5, 5.41) is 6.10. The number of nitrogens with one attached hydrogen (secondary N) is 3. The van der Waals surface area contributed by atoms with Crippen LogP contribution in [0.25, 0.3) is 10.9 Å². The maximum atomic E-state index is 12.9. The summed E-state index contributed by atoms with van der Waals surface area (Å²) < 4.78 is 4.88. The van der Waals surface area contributed by atoms with Crippen LogP contribution in [0.15, 0.2) is 60.8 Å². The number of fused-ring (bicyclic) bond motifs is 1. The molecule has 1 aromatic heterocycles. The minimum Gasteiger partial charge on any atom is -0.467 e. The lowest BCUT2D eigenvalue weighted by Gasteiger charge is -2.22. The van der Waals surface area contributed by atoms with Gasteiger partial charge in [0.2, 0.25) is 5.91 Å². The Morgan fingerprint density at radius 1 is 0.967 bits per heavy atom. The third-order valence-electron chi connectivity index (χ3n) is 4.82. The molecule has 5 N–H and O–H groups in total. The van der Waals surface area contributed by atoms with Crippen molar-refractivity contribution in [1.29, 1.82) is 0 Å². The molecule has 30 heavy (non-hydrogen) atoms. The van der Waals surface area contributed by atoms with Gasteiger partial charge in [-0.05, 0) is 17.2 Å². The molecule has 0 radical (unpaired) electrons. The molecule has 2 atom stereocenters. The first kappa shape index (κ1) is 20.9. The average molecular weight is 408 g/mol.